The molecule has 0 aliphatic carbocycles. The topological polar surface area (TPSA) is 65.0 Å². The Hall–Kier alpha value is -1.72. The summed E-state index contributed by atoms with van der Waals surface area (Å²) in [4.78, 5) is 11.2. The number of methoxy groups -OCH3 is 1. The average Bonchev–Trinajstić information content (AvgIpc) is 2.57. The van der Waals surface area contributed by atoms with Crippen LogP contribution in [0.1, 0.15) is 0 Å². The van der Waals surface area contributed by atoms with Gasteiger partial charge in [0.05, 0.1) is 7.11 Å². The number of hydrogen-bond donors (Lipinski definition) is 1. The minimum Gasteiger partial charge on any atom is -0.497 e. The first-order valence-corrected chi connectivity index (χ1v) is 5.10. The molecule has 1 heterocycles. The fraction of sp³-hybridized carbons (Fsp3) is 0.182. The highest BCUT2D eigenvalue weighted by Gasteiger charge is 2.34. The van der Waals surface area contributed by atoms with Gasteiger partial charge in [0.15, 0.2) is 0 Å². The first-order valence-electron chi connectivity index (χ1n) is 4.72. The number of benzene rings is 1. The lowest BCUT2D eigenvalue weighted by Crippen LogP contribution is -2.08. The highest BCUT2D eigenvalue weighted by molar-refractivity contribution is 6.32. The van der Waals surface area contributed by atoms with Crippen LogP contribution in [-0.4, -0.2) is 24.5 Å². The van der Waals surface area contributed by atoms with Gasteiger partial charge in [-0.25, -0.2) is 4.79 Å². The third kappa shape index (κ3) is 2.35. The lowest BCUT2D eigenvalue weighted by atomic mass is 10.3. The Morgan fingerprint density at radius 3 is 2.35 bits per heavy atom. The molecule has 0 aromatic heterocycles. The van der Waals surface area contributed by atoms with E-state index in [1.165, 1.54) is 0 Å². The SMILES string of the molecule is COc1ccc(OC2=C(Cl)[C@@H](O)OC2=O)cc1. The molecule has 1 N–H and O–H groups in total. The summed E-state index contributed by atoms with van der Waals surface area (Å²) in [5.74, 6) is 0.0547. The molecule has 17 heavy (non-hydrogen) atoms. The minimum atomic E-state index is -1.45. The van der Waals surface area contributed by atoms with Crippen molar-refractivity contribution in [2.24, 2.45) is 0 Å². The van der Waals surface area contributed by atoms with E-state index in [1.54, 1.807) is 31.4 Å². The predicted octanol–water partition coefficient (Wildman–Crippen LogP) is 1.40. The van der Waals surface area contributed by atoms with Gasteiger partial charge >= 0.3 is 5.97 Å². The van der Waals surface area contributed by atoms with Crippen LogP contribution in [0, 0.1) is 0 Å². The Bertz CT molecular complexity index is 465. The molecule has 90 valence electrons. The number of aliphatic hydroxyl groups is 1. The van der Waals surface area contributed by atoms with Crippen molar-refractivity contribution in [3.63, 3.8) is 0 Å². The van der Waals surface area contributed by atoms with Crippen LogP contribution >= 0.6 is 11.6 Å². The van der Waals surface area contributed by atoms with Gasteiger partial charge in [-0.2, -0.15) is 0 Å². The van der Waals surface area contributed by atoms with Crippen molar-refractivity contribution in [3.8, 4) is 11.5 Å². The zero-order valence-electron chi connectivity index (χ0n) is 8.84. The van der Waals surface area contributed by atoms with Crippen molar-refractivity contribution in [2.45, 2.75) is 6.29 Å². The van der Waals surface area contributed by atoms with E-state index in [9.17, 15) is 4.79 Å². The molecule has 6 heteroatoms. The van der Waals surface area contributed by atoms with Gasteiger partial charge in [-0.05, 0) is 24.3 Å². The number of hydrogen-bond acceptors (Lipinski definition) is 5. The molecular weight excluding hydrogens is 248 g/mol. The van der Waals surface area contributed by atoms with E-state index in [0.29, 0.717) is 11.5 Å². The van der Waals surface area contributed by atoms with Crippen LogP contribution in [0.5, 0.6) is 11.5 Å². The quantitative estimate of drug-likeness (QED) is 0.828. The van der Waals surface area contributed by atoms with Crippen molar-refractivity contribution in [1.29, 1.82) is 0 Å². The number of ether oxygens (including phenoxy) is 3. The number of carbonyl (C=O) groups excluding carboxylic acids is 1. The van der Waals surface area contributed by atoms with Gasteiger partial charge in [0.25, 0.3) is 0 Å². The van der Waals surface area contributed by atoms with E-state index in [-0.39, 0.29) is 10.8 Å². The maximum atomic E-state index is 11.2. The molecule has 1 aromatic rings. The molecule has 2 rings (SSSR count). The lowest BCUT2D eigenvalue weighted by Gasteiger charge is -2.05. The van der Waals surface area contributed by atoms with Gasteiger partial charge in [-0.1, -0.05) is 11.6 Å². The second-order valence-corrected chi connectivity index (χ2v) is 3.62. The third-order valence-electron chi connectivity index (χ3n) is 2.12. The van der Waals surface area contributed by atoms with Crippen LogP contribution in [0.25, 0.3) is 0 Å². The van der Waals surface area contributed by atoms with Gasteiger partial charge in [0.1, 0.15) is 16.5 Å². The summed E-state index contributed by atoms with van der Waals surface area (Å²) in [6.07, 6.45) is -1.45. The molecule has 0 amide bonds. The van der Waals surface area contributed by atoms with Crippen LogP contribution in [0.15, 0.2) is 35.1 Å². The number of aliphatic hydroxyl groups excluding tert-OH is 1. The summed E-state index contributed by atoms with van der Waals surface area (Å²) in [6, 6.07) is 6.54. The number of rotatable bonds is 3. The van der Waals surface area contributed by atoms with Gasteiger partial charge in [0, 0.05) is 0 Å². The molecule has 0 radical (unpaired) electrons. The zero-order chi connectivity index (χ0) is 12.4. The molecule has 0 fully saturated rings. The molecule has 1 aromatic carbocycles. The van der Waals surface area contributed by atoms with Crippen LogP contribution in [-0.2, 0) is 9.53 Å². The summed E-state index contributed by atoms with van der Waals surface area (Å²) >= 11 is 5.67. The third-order valence-corrected chi connectivity index (χ3v) is 2.48. The first-order chi connectivity index (χ1) is 8.11. The normalized spacial score (nSPS) is 19.2. The van der Waals surface area contributed by atoms with Crippen molar-refractivity contribution < 1.29 is 24.1 Å². The van der Waals surface area contributed by atoms with Crippen LogP contribution in [0.3, 0.4) is 0 Å². The average molecular weight is 257 g/mol. The van der Waals surface area contributed by atoms with Gasteiger partial charge in [-0.15, -0.1) is 0 Å². The highest BCUT2D eigenvalue weighted by atomic mass is 35.5. The van der Waals surface area contributed by atoms with E-state index < -0.39 is 12.3 Å². The summed E-state index contributed by atoms with van der Waals surface area (Å²) in [7, 11) is 1.54. The number of carbonyl (C=O) groups is 1. The second-order valence-electron chi connectivity index (χ2n) is 3.21. The molecule has 1 atom stereocenters. The highest BCUT2D eigenvalue weighted by Crippen LogP contribution is 2.28. The first kappa shape index (κ1) is 11.8. The molecule has 0 saturated heterocycles. The Balaban J connectivity index is 2.18. The lowest BCUT2D eigenvalue weighted by molar-refractivity contribution is -0.153. The van der Waals surface area contributed by atoms with Gasteiger partial charge < -0.3 is 19.3 Å². The number of halogens is 1. The van der Waals surface area contributed by atoms with Crippen LogP contribution in [0.2, 0.25) is 0 Å². The van der Waals surface area contributed by atoms with E-state index >= 15 is 0 Å². The summed E-state index contributed by atoms with van der Waals surface area (Å²) in [5.41, 5.74) is 0. The Kier molecular flexibility index (Phi) is 3.21. The Morgan fingerprint density at radius 2 is 1.88 bits per heavy atom. The van der Waals surface area contributed by atoms with E-state index in [0.717, 1.165) is 0 Å². The molecule has 0 saturated carbocycles. The van der Waals surface area contributed by atoms with Crippen LogP contribution < -0.4 is 9.47 Å². The Morgan fingerprint density at radius 1 is 1.29 bits per heavy atom. The molecule has 0 unspecified atom stereocenters. The van der Waals surface area contributed by atoms with Crippen molar-refractivity contribution in [2.75, 3.05) is 7.11 Å². The van der Waals surface area contributed by atoms with Crippen molar-refractivity contribution in [1.82, 2.24) is 0 Å². The smallest absolute Gasteiger partial charge is 0.378 e. The van der Waals surface area contributed by atoms with E-state index in [4.69, 9.17) is 26.2 Å². The van der Waals surface area contributed by atoms with E-state index in [1.807, 2.05) is 0 Å². The Labute approximate surface area is 102 Å². The zero-order valence-corrected chi connectivity index (χ0v) is 9.60. The van der Waals surface area contributed by atoms with Crippen molar-refractivity contribution >= 4 is 17.6 Å². The number of cyclic esters (lactones) is 1. The fourth-order valence-electron chi connectivity index (χ4n) is 1.27. The molecule has 1 aliphatic heterocycles. The maximum absolute atomic E-state index is 11.2. The number of esters is 1. The van der Waals surface area contributed by atoms with Crippen LogP contribution in [0.4, 0.5) is 0 Å². The predicted molar refractivity (Wildman–Crippen MR) is 58.6 cm³/mol. The van der Waals surface area contributed by atoms with Crippen molar-refractivity contribution in [3.05, 3.63) is 35.1 Å². The van der Waals surface area contributed by atoms with E-state index in [2.05, 4.69) is 4.74 Å². The maximum Gasteiger partial charge on any atom is 0.378 e. The molecule has 5 nitrogen and oxygen atoms in total. The summed E-state index contributed by atoms with van der Waals surface area (Å²) in [5, 5.41) is 9.00. The molecule has 0 spiro atoms. The summed E-state index contributed by atoms with van der Waals surface area (Å²) < 4.78 is 14.7. The standard InChI is InChI=1S/C11H9ClO5/c1-15-6-2-4-7(5-3-6)16-9-8(12)10(13)17-11(9)14/h2-5,10,13H,1H3/t10-/m0/s1. The minimum absolute atomic E-state index is 0.161. The summed E-state index contributed by atoms with van der Waals surface area (Å²) in [6.45, 7) is 0. The molecular formula is C11H9ClO5. The van der Waals surface area contributed by atoms with Gasteiger partial charge in [-0.3, -0.25) is 0 Å². The monoisotopic (exact) mass is 256 g/mol. The molecule has 0 bridgehead atoms. The largest absolute Gasteiger partial charge is 0.497 e. The van der Waals surface area contributed by atoms with Gasteiger partial charge in [0.2, 0.25) is 12.0 Å². The second kappa shape index (κ2) is 4.65. The molecule has 1 aliphatic rings. The fourth-order valence-corrected chi connectivity index (χ4v) is 1.43.